The predicted molar refractivity (Wildman–Crippen MR) is 65.0 cm³/mol. The van der Waals surface area contributed by atoms with Crippen LogP contribution in [0.15, 0.2) is 0 Å². The minimum Gasteiger partial charge on any atom is -0.377 e. The highest BCUT2D eigenvalue weighted by molar-refractivity contribution is 9.09. The van der Waals surface area contributed by atoms with Gasteiger partial charge in [0.25, 0.3) is 0 Å². The lowest BCUT2D eigenvalue weighted by atomic mass is 9.97. The van der Waals surface area contributed by atoms with E-state index in [-0.39, 0.29) is 0 Å². The molecule has 2 unspecified atom stereocenters. The molecule has 0 heterocycles. The van der Waals surface area contributed by atoms with Gasteiger partial charge >= 0.3 is 0 Å². The molecule has 0 bridgehead atoms. The summed E-state index contributed by atoms with van der Waals surface area (Å²) >= 11 is 3.71. The SMILES string of the molecule is CC(C)CCCOC1CCCCC1Br. The first-order chi connectivity index (χ1) is 6.70. The van der Waals surface area contributed by atoms with Crippen LogP contribution in [0.1, 0.15) is 52.4 Å². The zero-order valence-corrected chi connectivity index (χ0v) is 11.1. The Bertz CT molecular complexity index is 147. The van der Waals surface area contributed by atoms with Gasteiger partial charge in [-0.2, -0.15) is 0 Å². The summed E-state index contributed by atoms with van der Waals surface area (Å²) in [5, 5.41) is 0. The monoisotopic (exact) mass is 262 g/mol. The first-order valence-corrected chi connectivity index (χ1v) is 6.87. The van der Waals surface area contributed by atoms with Gasteiger partial charge in [0.1, 0.15) is 0 Å². The molecule has 1 aliphatic carbocycles. The minimum atomic E-state index is 0.482. The molecular weight excluding hydrogens is 240 g/mol. The number of hydrogen-bond acceptors (Lipinski definition) is 1. The van der Waals surface area contributed by atoms with Crippen molar-refractivity contribution in [3.05, 3.63) is 0 Å². The van der Waals surface area contributed by atoms with E-state index in [2.05, 4.69) is 29.8 Å². The van der Waals surface area contributed by atoms with Crippen LogP contribution in [0.5, 0.6) is 0 Å². The Balaban J connectivity index is 2.04. The van der Waals surface area contributed by atoms with Crippen molar-refractivity contribution in [2.24, 2.45) is 5.92 Å². The molecule has 0 aliphatic heterocycles. The molecule has 1 rings (SSSR count). The quantitative estimate of drug-likeness (QED) is 0.535. The summed E-state index contributed by atoms with van der Waals surface area (Å²) in [6.07, 6.45) is 8.23. The van der Waals surface area contributed by atoms with E-state index in [0.717, 1.165) is 12.5 Å². The van der Waals surface area contributed by atoms with Crippen molar-refractivity contribution in [3.8, 4) is 0 Å². The molecule has 0 aromatic carbocycles. The number of ether oxygens (including phenoxy) is 1. The fraction of sp³-hybridized carbons (Fsp3) is 1.00. The van der Waals surface area contributed by atoms with E-state index in [9.17, 15) is 0 Å². The Hall–Kier alpha value is 0.440. The first kappa shape index (κ1) is 12.5. The number of hydrogen-bond donors (Lipinski definition) is 0. The first-order valence-electron chi connectivity index (χ1n) is 5.96. The van der Waals surface area contributed by atoms with Crippen molar-refractivity contribution < 1.29 is 4.74 Å². The third-order valence-electron chi connectivity index (χ3n) is 2.88. The largest absolute Gasteiger partial charge is 0.377 e. The standard InChI is InChI=1S/C12H23BrO/c1-10(2)6-5-9-14-12-8-4-3-7-11(12)13/h10-12H,3-9H2,1-2H3. The van der Waals surface area contributed by atoms with E-state index in [1.165, 1.54) is 38.5 Å². The minimum absolute atomic E-state index is 0.482. The summed E-state index contributed by atoms with van der Waals surface area (Å²) in [7, 11) is 0. The van der Waals surface area contributed by atoms with Gasteiger partial charge in [0.05, 0.1) is 6.10 Å². The molecule has 1 saturated carbocycles. The average molecular weight is 263 g/mol. The fourth-order valence-electron chi connectivity index (χ4n) is 1.97. The lowest BCUT2D eigenvalue weighted by Crippen LogP contribution is -2.28. The van der Waals surface area contributed by atoms with Crippen LogP contribution in [0.3, 0.4) is 0 Å². The summed E-state index contributed by atoms with van der Waals surface area (Å²) in [6, 6.07) is 0. The van der Waals surface area contributed by atoms with Gasteiger partial charge in [-0.1, -0.05) is 42.6 Å². The molecule has 0 spiro atoms. The zero-order valence-electron chi connectivity index (χ0n) is 9.47. The van der Waals surface area contributed by atoms with E-state index in [1.54, 1.807) is 0 Å². The normalized spacial score (nSPS) is 28.3. The Morgan fingerprint density at radius 3 is 2.64 bits per heavy atom. The van der Waals surface area contributed by atoms with Crippen molar-refractivity contribution in [2.75, 3.05) is 6.61 Å². The second-order valence-electron chi connectivity index (χ2n) is 4.75. The van der Waals surface area contributed by atoms with Gasteiger partial charge in [0.2, 0.25) is 0 Å². The van der Waals surface area contributed by atoms with Crippen LogP contribution < -0.4 is 0 Å². The molecule has 2 heteroatoms. The molecule has 1 aliphatic rings. The van der Waals surface area contributed by atoms with Crippen LogP contribution in [0.4, 0.5) is 0 Å². The van der Waals surface area contributed by atoms with Crippen LogP contribution in [0.25, 0.3) is 0 Å². The van der Waals surface area contributed by atoms with Gasteiger partial charge < -0.3 is 4.74 Å². The van der Waals surface area contributed by atoms with Crippen molar-refractivity contribution in [2.45, 2.75) is 63.3 Å². The van der Waals surface area contributed by atoms with Crippen molar-refractivity contribution in [1.29, 1.82) is 0 Å². The third kappa shape index (κ3) is 4.79. The van der Waals surface area contributed by atoms with Gasteiger partial charge in [-0.25, -0.2) is 0 Å². The van der Waals surface area contributed by atoms with Gasteiger partial charge in [0.15, 0.2) is 0 Å². The second kappa shape index (κ2) is 6.84. The second-order valence-corrected chi connectivity index (χ2v) is 5.92. The predicted octanol–water partition coefficient (Wildman–Crippen LogP) is 4.15. The van der Waals surface area contributed by atoms with Crippen LogP contribution in [-0.4, -0.2) is 17.5 Å². The molecule has 14 heavy (non-hydrogen) atoms. The van der Waals surface area contributed by atoms with Crippen molar-refractivity contribution in [3.63, 3.8) is 0 Å². The van der Waals surface area contributed by atoms with Gasteiger partial charge in [0, 0.05) is 11.4 Å². The van der Waals surface area contributed by atoms with Gasteiger partial charge in [-0.3, -0.25) is 0 Å². The van der Waals surface area contributed by atoms with E-state index in [4.69, 9.17) is 4.74 Å². The fourth-order valence-corrected chi connectivity index (χ4v) is 2.71. The Kier molecular flexibility index (Phi) is 6.11. The summed E-state index contributed by atoms with van der Waals surface area (Å²) in [5.41, 5.74) is 0. The molecule has 0 saturated heterocycles. The third-order valence-corrected chi connectivity index (χ3v) is 3.93. The molecule has 0 radical (unpaired) electrons. The maximum Gasteiger partial charge on any atom is 0.0700 e. The van der Waals surface area contributed by atoms with Crippen molar-refractivity contribution >= 4 is 15.9 Å². The number of rotatable bonds is 5. The average Bonchev–Trinajstić information content (AvgIpc) is 2.15. The smallest absolute Gasteiger partial charge is 0.0700 e. The van der Waals surface area contributed by atoms with E-state index >= 15 is 0 Å². The topological polar surface area (TPSA) is 9.23 Å². The van der Waals surface area contributed by atoms with Gasteiger partial charge in [-0.15, -0.1) is 0 Å². The summed E-state index contributed by atoms with van der Waals surface area (Å²) < 4.78 is 5.90. The van der Waals surface area contributed by atoms with Crippen LogP contribution in [-0.2, 0) is 4.74 Å². The molecule has 0 N–H and O–H groups in total. The zero-order chi connectivity index (χ0) is 10.4. The van der Waals surface area contributed by atoms with Crippen LogP contribution in [0.2, 0.25) is 0 Å². The highest BCUT2D eigenvalue weighted by atomic mass is 79.9. The Morgan fingerprint density at radius 2 is 2.00 bits per heavy atom. The molecular formula is C12H23BrO. The van der Waals surface area contributed by atoms with E-state index < -0.39 is 0 Å². The lowest BCUT2D eigenvalue weighted by Gasteiger charge is -2.27. The van der Waals surface area contributed by atoms with Crippen LogP contribution >= 0.6 is 15.9 Å². The highest BCUT2D eigenvalue weighted by Gasteiger charge is 2.22. The lowest BCUT2D eigenvalue weighted by molar-refractivity contribution is 0.0312. The summed E-state index contributed by atoms with van der Waals surface area (Å²) in [6.45, 7) is 5.49. The summed E-state index contributed by atoms with van der Waals surface area (Å²) in [4.78, 5) is 0.607. The molecule has 1 fully saturated rings. The Labute approximate surface area is 96.7 Å². The maximum absolute atomic E-state index is 5.90. The van der Waals surface area contributed by atoms with E-state index in [1.807, 2.05) is 0 Å². The number of alkyl halides is 1. The molecule has 0 aromatic heterocycles. The summed E-state index contributed by atoms with van der Waals surface area (Å²) in [5.74, 6) is 0.810. The molecule has 84 valence electrons. The van der Waals surface area contributed by atoms with E-state index in [0.29, 0.717) is 10.9 Å². The molecule has 1 nitrogen and oxygen atoms in total. The number of halogens is 1. The molecule has 0 amide bonds. The molecule has 0 aromatic rings. The van der Waals surface area contributed by atoms with Crippen molar-refractivity contribution in [1.82, 2.24) is 0 Å². The highest BCUT2D eigenvalue weighted by Crippen LogP contribution is 2.27. The van der Waals surface area contributed by atoms with Gasteiger partial charge in [-0.05, 0) is 31.6 Å². The maximum atomic E-state index is 5.90. The van der Waals surface area contributed by atoms with Crippen LogP contribution in [0, 0.1) is 5.92 Å². The molecule has 2 atom stereocenters. The Morgan fingerprint density at radius 1 is 1.29 bits per heavy atom.